The van der Waals surface area contributed by atoms with Gasteiger partial charge in [-0.25, -0.2) is 0 Å². The topological polar surface area (TPSA) is 69.1 Å². The zero-order valence-electron chi connectivity index (χ0n) is 14.1. The number of rotatable bonds is 6. The maximum atomic E-state index is 5.56. The Kier molecular flexibility index (Phi) is 5.64. The fraction of sp³-hybridized carbons (Fsp3) is 0.0526. The van der Waals surface area contributed by atoms with Gasteiger partial charge in [0.2, 0.25) is 5.16 Å². The second kappa shape index (κ2) is 8.49. The van der Waals surface area contributed by atoms with E-state index in [1.165, 1.54) is 5.56 Å². The van der Waals surface area contributed by atoms with Crippen molar-refractivity contribution in [2.45, 2.75) is 10.9 Å². The number of pyridine rings is 1. The van der Waals surface area contributed by atoms with Crippen LogP contribution in [0.15, 0.2) is 81.7 Å². The molecule has 4 rings (SSSR count). The lowest BCUT2D eigenvalue weighted by Gasteiger charge is -2.04. The highest BCUT2D eigenvalue weighted by molar-refractivity contribution is 14.1. The Labute approximate surface area is 173 Å². The van der Waals surface area contributed by atoms with Crippen LogP contribution in [0.5, 0.6) is 0 Å². The van der Waals surface area contributed by atoms with E-state index >= 15 is 0 Å². The van der Waals surface area contributed by atoms with E-state index < -0.39 is 0 Å². The normalized spacial score (nSPS) is 11.3. The first-order chi connectivity index (χ1) is 13.3. The minimum absolute atomic E-state index is 0.658. The number of aromatic nitrogens is 4. The Morgan fingerprint density at radius 2 is 1.85 bits per heavy atom. The van der Waals surface area contributed by atoms with Gasteiger partial charge in [0.05, 0.1) is 6.21 Å². The summed E-state index contributed by atoms with van der Waals surface area (Å²) in [7, 11) is 0. The van der Waals surface area contributed by atoms with Crippen molar-refractivity contribution in [3.05, 3.63) is 82.1 Å². The van der Waals surface area contributed by atoms with Crippen LogP contribution in [0.1, 0.15) is 11.3 Å². The third-order valence-electron chi connectivity index (χ3n) is 3.66. The minimum Gasteiger partial charge on any atom is -0.449 e. The van der Waals surface area contributed by atoms with Gasteiger partial charge < -0.3 is 4.42 Å². The molecule has 0 aliphatic heterocycles. The Balaban J connectivity index is 1.66. The van der Waals surface area contributed by atoms with Gasteiger partial charge >= 0.3 is 0 Å². The van der Waals surface area contributed by atoms with Gasteiger partial charge in [0.15, 0.2) is 9.59 Å². The molecule has 1 aromatic carbocycles. The molecule has 0 N–H and O–H groups in total. The molecule has 0 aliphatic carbocycles. The van der Waals surface area contributed by atoms with Gasteiger partial charge in [-0.15, -0.1) is 10.2 Å². The molecule has 27 heavy (non-hydrogen) atoms. The summed E-state index contributed by atoms with van der Waals surface area (Å²) in [4.78, 5) is 4.06. The SMILES string of the molecule is Ic1ccc(/C=N\n2c(SCc3ccccc3)nnc2-c2ccncc2)o1. The third kappa shape index (κ3) is 4.45. The van der Waals surface area contributed by atoms with Crippen LogP contribution in [-0.4, -0.2) is 26.1 Å². The molecule has 0 saturated heterocycles. The lowest BCUT2D eigenvalue weighted by Crippen LogP contribution is -1.97. The van der Waals surface area contributed by atoms with E-state index in [-0.39, 0.29) is 0 Å². The van der Waals surface area contributed by atoms with Crippen LogP contribution >= 0.6 is 34.4 Å². The van der Waals surface area contributed by atoms with Crippen LogP contribution in [0.3, 0.4) is 0 Å². The van der Waals surface area contributed by atoms with Crippen LogP contribution < -0.4 is 0 Å². The maximum absolute atomic E-state index is 5.56. The fourth-order valence-corrected chi connectivity index (χ4v) is 3.65. The van der Waals surface area contributed by atoms with E-state index in [0.29, 0.717) is 16.7 Å². The van der Waals surface area contributed by atoms with Crippen molar-refractivity contribution in [2.24, 2.45) is 5.10 Å². The molecule has 3 aromatic heterocycles. The summed E-state index contributed by atoms with van der Waals surface area (Å²) in [5, 5.41) is 13.9. The molecule has 0 fully saturated rings. The largest absolute Gasteiger partial charge is 0.449 e. The predicted molar refractivity (Wildman–Crippen MR) is 114 cm³/mol. The van der Waals surface area contributed by atoms with Gasteiger partial charge in [-0.05, 0) is 52.4 Å². The molecular formula is C19H14IN5OS. The summed E-state index contributed by atoms with van der Waals surface area (Å²) < 4.78 is 8.11. The molecule has 0 unspecified atom stereocenters. The summed E-state index contributed by atoms with van der Waals surface area (Å²) >= 11 is 3.71. The highest BCUT2D eigenvalue weighted by Crippen LogP contribution is 2.26. The van der Waals surface area contributed by atoms with Crippen LogP contribution in [0.4, 0.5) is 0 Å². The van der Waals surface area contributed by atoms with Crippen molar-refractivity contribution in [1.29, 1.82) is 0 Å². The first kappa shape index (κ1) is 17.9. The zero-order valence-corrected chi connectivity index (χ0v) is 17.0. The quantitative estimate of drug-likeness (QED) is 0.224. The number of furan rings is 1. The highest BCUT2D eigenvalue weighted by atomic mass is 127. The number of hydrogen-bond acceptors (Lipinski definition) is 6. The molecule has 134 valence electrons. The van der Waals surface area contributed by atoms with Gasteiger partial charge in [0, 0.05) is 23.7 Å². The van der Waals surface area contributed by atoms with E-state index in [4.69, 9.17) is 4.42 Å². The summed E-state index contributed by atoms with van der Waals surface area (Å²) in [6, 6.07) is 17.8. The average molecular weight is 487 g/mol. The molecular weight excluding hydrogens is 473 g/mol. The number of nitrogens with zero attached hydrogens (tertiary/aromatic N) is 5. The molecule has 0 atom stereocenters. The van der Waals surface area contributed by atoms with Crippen molar-refractivity contribution >= 4 is 40.6 Å². The summed E-state index contributed by atoms with van der Waals surface area (Å²) in [5.41, 5.74) is 2.11. The molecule has 4 aromatic rings. The van der Waals surface area contributed by atoms with Gasteiger partial charge in [0.1, 0.15) is 5.76 Å². The lowest BCUT2D eigenvalue weighted by molar-refractivity contribution is 0.530. The first-order valence-electron chi connectivity index (χ1n) is 8.12. The smallest absolute Gasteiger partial charge is 0.212 e. The average Bonchev–Trinajstić information content (AvgIpc) is 3.32. The van der Waals surface area contributed by atoms with Gasteiger partial charge in [-0.2, -0.15) is 9.78 Å². The van der Waals surface area contributed by atoms with Crippen molar-refractivity contribution in [2.75, 3.05) is 0 Å². The molecule has 6 nitrogen and oxygen atoms in total. The summed E-state index contributed by atoms with van der Waals surface area (Å²) in [5.74, 6) is 2.11. The van der Waals surface area contributed by atoms with Crippen LogP contribution in [-0.2, 0) is 5.75 Å². The molecule has 8 heteroatoms. The summed E-state index contributed by atoms with van der Waals surface area (Å²) in [6.07, 6.45) is 5.12. The number of benzene rings is 1. The number of halogens is 1. The standard InChI is InChI=1S/C19H14IN5OS/c20-17-7-6-16(26-17)12-22-25-18(15-8-10-21-11-9-15)23-24-19(25)27-13-14-4-2-1-3-5-14/h1-12H,13H2/b22-12-. The van der Waals surface area contributed by atoms with E-state index in [1.54, 1.807) is 35.0 Å². The maximum Gasteiger partial charge on any atom is 0.212 e. The predicted octanol–water partition coefficient (Wildman–Crippen LogP) is 4.71. The molecule has 3 heterocycles. The zero-order chi connectivity index (χ0) is 18.5. The summed E-state index contributed by atoms with van der Waals surface area (Å²) in [6.45, 7) is 0. The lowest BCUT2D eigenvalue weighted by atomic mass is 10.2. The van der Waals surface area contributed by atoms with Crippen molar-refractivity contribution in [3.63, 3.8) is 0 Å². The first-order valence-corrected chi connectivity index (χ1v) is 10.2. The third-order valence-corrected chi connectivity index (χ3v) is 5.23. The van der Waals surface area contributed by atoms with Gasteiger partial charge in [-0.3, -0.25) is 4.98 Å². The fourth-order valence-electron chi connectivity index (χ4n) is 2.37. The Morgan fingerprint density at radius 1 is 1.04 bits per heavy atom. The van der Waals surface area contributed by atoms with Crippen LogP contribution in [0.2, 0.25) is 0 Å². The second-order valence-electron chi connectivity index (χ2n) is 5.51. The molecule has 0 radical (unpaired) electrons. The van der Waals surface area contributed by atoms with Crippen molar-refractivity contribution in [1.82, 2.24) is 19.9 Å². The van der Waals surface area contributed by atoms with Crippen molar-refractivity contribution < 1.29 is 4.42 Å². The highest BCUT2D eigenvalue weighted by Gasteiger charge is 2.14. The number of thioether (sulfide) groups is 1. The van der Waals surface area contributed by atoms with E-state index in [2.05, 4.69) is 55.0 Å². The van der Waals surface area contributed by atoms with E-state index in [9.17, 15) is 0 Å². The van der Waals surface area contributed by atoms with Crippen molar-refractivity contribution in [3.8, 4) is 11.4 Å². The van der Waals surface area contributed by atoms with E-state index in [0.717, 1.165) is 15.1 Å². The van der Waals surface area contributed by atoms with Gasteiger partial charge in [0.25, 0.3) is 0 Å². The van der Waals surface area contributed by atoms with Gasteiger partial charge in [-0.1, -0.05) is 42.1 Å². The molecule has 0 bridgehead atoms. The molecule has 0 amide bonds. The molecule has 0 saturated carbocycles. The Morgan fingerprint density at radius 3 is 2.59 bits per heavy atom. The number of hydrogen-bond donors (Lipinski definition) is 0. The molecule has 0 aliphatic rings. The van der Waals surface area contributed by atoms with Crippen LogP contribution in [0, 0.1) is 3.77 Å². The minimum atomic E-state index is 0.658. The van der Waals surface area contributed by atoms with E-state index in [1.807, 2.05) is 42.5 Å². The Bertz CT molecular complexity index is 1050. The molecule has 0 spiro atoms. The van der Waals surface area contributed by atoms with Crippen LogP contribution in [0.25, 0.3) is 11.4 Å². The second-order valence-corrected chi connectivity index (χ2v) is 7.52. The monoisotopic (exact) mass is 487 g/mol. The Hall–Kier alpha value is -2.46.